The standard InChI is InChI=1S/C20H26N2O4S/c1-14-18(13-26-17-7-5-16(25-3)6-8-17)27-19(21-14)20(24)9-4-11-22(12-10-20)15(2)23/h5-8,24H,4,9-13H2,1-3H3. The molecule has 1 saturated heterocycles. The highest BCUT2D eigenvalue weighted by atomic mass is 32.1. The highest BCUT2D eigenvalue weighted by Crippen LogP contribution is 2.36. The van der Waals surface area contributed by atoms with Crippen molar-refractivity contribution in [3.63, 3.8) is 0 Å². The summed E-state index contributed by atoms with van der Waals surface area (Å²) in [5, 5.41) is 11.9. The number of thiazole rings is 1. The number of nitrogens with zero attached hydrogens (tertiary/aromatic N) is 2. The molecule has 1 amide bonds. The summed E-state index contributed by atoms with van der Waals surface area (Å²) in [6.45, 7) is 5.17. The van der Waals surface area contributed by atoms with Gasteiger partial charge in [-0.15, -0.1) is 11.3 Å². The van der Waals surface area contributed by atoms with Gasteiger partial charge in [-0.25, -0.2) is 4.98 Å². The SMILES string of the molecule is COc1ccc(OCc2sc(C3(O)CCCN(C(C)=O)CC3)nc2C)cc1. The van der Waals surface area contributed by atoms with E-state index < -0.39 is 5.60 Å². The van der Waals surface area contributed by atoms with Crippen LogP contribution in [0.3, 0.4) is 0 Å². The quantitative estimate of drug-likeness (QED) is 0.848. The Morgan fingerprint density at radius 3 is 2.63 bits per heavy atom. The van der Waals surface area contributed by atoms with Crippen LogP contribution in [-0.4, -0.2) is 41.1 Å². The molecule has 2 aromatic rings. The number of aliphatic hydroxyl groups is 1. The molecule has 1 aliphatic rings. The molecule has 6 nitrogen and oxygen atoms in total. The fourth-order valence-corrected chi connectivity index (χ4v) is 4.35. The van der Waals surface area contributed by atoms with Crippen molar-refractivity contribution in [2.45, 2.75) is 45.3 Å². The van der Waals surface area contributed by atoms with Crippen molar-refractivity contribution in [3.8, 4) is 11.5 Å². The van der Waals surface area contributed by atoms with E-state index in [1.807, 2.05) is 31.2 Å². The first-order valence-electron chi connectivity index (χ1n) is 9.13. The summed E-state index contributed by atoms with van der Waals surface area (Å²) in [7, 11) is 1.63. The number of rotatable bonds is 5. The molecule has 1 fully saturated rings. The van der Waals surface area contributed by atoms with Gasteiger partial charge < -0.3 is 19.5 Å². The maximum atomic E-state index is 11.6. The number of ether oxygens (including phenoxy) is 2. The number of carbonyl (C=O) groups is 1. The lowest BCUT2D eigenvalue weighted by molar-refractivity contribution is -0.128. The van der Waals surface area contributed by atoms with E-state index in [4.69, 9.17) is 9.47 Å². The molecular weight excluding hydrogens is 364 g/mol. The Hall–Kier alpha value is -2.12. The lowest BCUT2D eigenvalue weighted by Gasteiger charge is -2.24. The second-order valence-corrected chi connectivity index (χ2v) is 7.97. The molecule has 0 spiro atoms. The van der Waals surface area contributed by atoms with E-state index >= 15 is 0 Å². The van der Waals surface area contributed by atoms with Crippen molar-refractivity contribution in [1.82, 2.24) is 9.88 Å². The van der Waals surface area contributed by atoms with Crippen molar-refractivity contribution in [1.29, 1.82) is 0 Å². The Bertz CT molecular complexity index is 790. The molecule has 1 aromatic carbocycles. The van der Waals surface area contributed by atoms with E-state index in [1.165, 1.54) is 11.3 Å². The molecule has 1 unspecified atom stereocenters. The smallest absolute Gasteiger partial charge is 0.219 e. The average molecular weight is 391 g/mol. The van der Waals surface area contributed by atoms with E-state index in [2.05, 4.69) is 4.98 Å². The van der Waals surface area contributed by atoms with E-state index in [0.717, 1.165) is 33.5 Å². The molecule has 0 aliphatic carbocycles. The zero-order valence-corrected chi connectivity index (χ0v) is 16.8. The van der Waals surface area contributed by atoms with Gasteiger partial charge in [-0.1, -0.05) is 0 Å². The molecular formula is C20H26N2O4S. The summed E-state index contributed by atoms with van der Waals surface area (Å²) in [6.07, 6.45) is 1.90. The fraction of sp³-hybridized carbons (Fsp3) is 0.500. The molecule has 1 aliphatic heterocycles. The Labute approximate surface area is 163 Å². The van der Waals surface area contributed by atoms with Crippen molar-refractivity contribution >= 4 is 17.2 Å². The van der Waals surface area contributed by atoms with Gasteiger partial charge in [0, 0.05) is 26.4 Å². The van der Waals surface area contributed by atoms with Gasteiger partial charge >= 0.3 is 0 Å². The highest BCUT2D eigenvalue weighted by Gasteiger charge is 2.36. The van der Waals surface area contributed by atoms with Gasteiger partial charge in [-0.05, 0) is 44.0 Å². The molecule has 7 heteroatoms. The lowest BCUT2D eigenvalue weighted by atomic mass is 9.96. The minimum Gasteiger partial charge on any atom is -0.497 e. The van der Waals surface area contributed by atoms with Gasteiger partial charge in [0.05, 0.1) is 17.7 Å². The van der Waals surface area contributed by atoms with Crippen LogP contribution in [0.2, 0.25) is 0 Å². The number of hydrogen-bond donors (Lipinski definition) is 1. The van der Waals surface area contributed by atoms with Gasteiger partial charge in [0.15, 0.2) is 0 Å². The molecule has 1 atom stereocenters. The summed E-state index contributed by atoms with van der Waals surface area (Å²) < 4.78 is 11.0. The minimum absolute atomic E-state index is 0.0585. The molecule has 2 heterocycles. The van der Waals surface area contributed by atoms with Gasteiger partial charge in [0.2, 0.25) is 5.91 Å². The average Bonchev–Trinajstić information content (AvgIpc) is 2.91. The number of aromatic nitrogens is 1. The van der Waals surface area contributed by atoms with Crippen LogP contribution in [-0.2, 0) is 17.0 Å². The topological polar surface area (TPSA) is 71.9 Å². The summed E-state index contributed by atoms with van der Waals surface area (Å²) in [5.74, 6) is 1.60. The van der Waals surface area contributed by atoms with Gasteiger partial charge in [0.1, 0.15) is 28.7 Å². The van der Waals surface area contributed by atoms with E-state index in [9.17, 15) is 9.90 Å². The first-order valence-corrected chi connectivity index (χ1v) is 9.94. The Kier molecular flexibility index (Phi) is 6.01. The first kappa shape index (κ1) is 19.6. The van der Waals surface area contributed by atoms with Crippen molar-refractivity contribution in [3.05, 3.63) is 39.8 Å². The predicted octanol–water partition coefficient (Wildman–Crippen LogP) is 3.26. The molecule has 0 bridgehead atoms. The van der Waals surface area contributed by atoms with Gasteiger partial charge in [0.25, 0.3) is 0 Å². The first-order chi connectivity index (χ1) is 12.9. The summed E-state index contributed by atoms with van der Waals surface area (Å²) >= 11 is 1.50. The zero-order chi connectivity index (χ0) is 19.4. The van der Waals surface area contributed by atoms with Crippen molar-refractivity contribution < 1.29 is 19.4 Å². The molecule has 0 radical (unpaired) electrons. The lowest BCUT2D eigenvalue weighted by Crippen LogP contribution is -2.32. The van der Waals surface area contributed by atoms with Crippen LogP contribution >= 0.6 is 11.3 Å². The van der Waals surface area contributed by atoms with Crippen LogP contribution in [0.4, 0.5) is 0 Å². The largest absolute Gasteiger partial charge is 0.497 e. The van der Waals surface area contributed by atoms with Gasteiger partial charge in [-0.3, -0.25) is 4.79 Å². The van der Waals surface area contributed by atoms with E-state index in [1.54, 1.807) is 18.9 Å². The third-order valence-electron chi connectivity index (χ3n) is 4.98. The summed E-state index contributed by atoms with van der Waals surface area (Å²) in [4.78, 5) is 19.0. The fourth-order valence-electron chi connectivity index (χ4n) is 3.23. The van der Waals surface area contributed by atoms with Crippen LogP contribution < -0.4 is 9.47 Å². The Balaban J connectivity index is 1.68. The maximum absolute atomic E-state index is 11.6. The van der Waals surface area contributed by atoms with Crippen LogP contribution in [0.5, 0.6) is 11.5 Å². The normalized spacial score (nSPS) is 20.2. The maximum Gasteiger partial charge on any atom is 0.219 e. The van der Waals surface area contributed by atoms with E-state index in [-0.39, 0.29) is 5.91 Å². The number of amides is 1. The number of benzene rings is 1. The second-order valence-electron chi connectivity index (χ2n) is 6.88. The van der Waals surface area contributed by atoms with Crippen LogP contribution in [0.25, 0.3) is 0 Å². The molecule has 27 heavy (non-hydrogen) atoms. The number of methoxy groups -OCH3 is 1. The summed E-state index contributed by atoms with van der Waals surface area (Å²) in [5.41, 5.74) is -0.0950. The number of likely N-dealkylation sites (tertiary alicyclic amines) is 1. The molecule has 1 aromatic heterocycles. The zero-order valence-electron chi connectivity index (χ0n) is 16.0. The number of hydrogen-bond acceptors (Lipinski definition) is 6. The summed E-state index contributed by atoms with van der Waals surface area (Å²) in [6, 6.07) is 7.45. The Morgan fingerprint density at radius 1 is 1.26 bits per heavy atom. The monoisotopic (exact) mass is 390 g/mol. The Morgan fingerprint density at radius 2 is 1.96 bits per heavy atom. The third kappa shape index (κ3) is 4.59. The third-order valence-corrected chi connectivity index (χ3v) is 6.30. The molecule has 1 N–H and O–H groups in total. The molecule has 0 saturated carbocycles. The van der Waals surface area contributed by atoms with Crippen molar-refractivity contribution in [2.24, 2.45) is 0 Å². The minimum atomic E-state index is -0.974. The van der Waals surface area contributed by atoms with Crippen LogP contribution in [0.1, 0.15) is 41.8 Å². The predicted molar refractivity (Wildman–Crippen MR) is 104 cm³/mol. The molecule has 146 valence electrons. The van der Waals surface area contributed by atoms with Crippen molar-refractivity contribution in [2.75, 3.05) is 20.2 Å². The second kappa shape index (κ2) is 8.27. The number of carbonyl (C=O) groups excluding carboxylic acids is 1. The van der Waals surface area contributed by atoms with Crippen LogP contribution in [0, 0.1) is 6.92 Å². The number of aryl methyl sites for hydroxylation is 1. The van der Waals surface area contributed by atoms with Gasteiger partial charge in [-0.2, -0.15) is 0 Å². The highest BCUT2D eigenvalue weighted by molar-refractivity contribution is 7.11. The molecule has 3 rings (SSSR count). The van der Waals surface area contributed by atoms with Crippen LogP contribution in [0.15, 0.2) is 24.3 Å². The van der Waals surface area contributed by atoms with E-state index in [0.29, 0.717) is 32.5 Å².